The number of benzene rings is 1. The largest absolute Gasteiger partial charge is 0.475 e. The summed E-state index contributed by atoms with van der Waals surface area (Å²) in [5.41, 5.74) is 1.85. The third kappa shape index (κ3) is 5.42. The Balaban J connectivity index is 1.35. The van der Waals surface area contributed by atoms with Crippen LogP contribution in [0.25, 0.3) is 0 Å². The van der Waals surface area contributed by atoms with Gasteiger partial charge in [0, 0.05) is 43.9 Å². The van der Waals surface area contributed by atoms with Crippen molar-refractivity contribution in [3.63, 3.8) is 0 Å². The Kier molecular flexibility index (Phi) is 6.99. The van der Waals surface area contributed by atoms with Crippen LogP contribution in [0.4, 0.5) is 26.1 Å². The lowest BCUT2D eigenvalue weighted by atomic mass is 9.96. The summed E-state index contributed by atoms with van der Waals surface area (Å²) in [6, 6.07) is 7.77. The molecule has 2 unspecified atom stereocenters. The number of ether oxygens (including phenoxy) is 2. The molecule has 0 radical (unpaired) electrons. The zero-order valence-corrected chi connectivity index (χ0v) is 18.0. The number of carbonyl (C=O) groups excluding carboxylic acids is 1. The number of piperidine rings is 1. The summed E-state index contributed by atoms with van der Waals surface area (Å²) in [4.78, 5) is 23.2. The van der Waals surface area contributed by atoms with Gasteiger partial charge in [-0.15, -0.1) is 0 Å². The topological polar surface area (TPSA) is 79.8 Å². The molecule has 32 heavy (non-hydrogen) atoms. The molecule has 2 fully saturated rings. The van der Waals surface area contributed by atoms with Crippen LogP contribution in [-0.4, -0.2) is 72.9 Å². The van der Waals surface area contributed by atoms with Crippen molar-refractivity contribution in [1.29, 1.82) is 0 Å². The molecular formula is C22H27F2N5O3. The Labute approximate surface area is 185 Å². The number of morpholine rings is 1. The van der Waals surface area contributed by atoms with Crippen LogP contribution in [0.3, 0.4) is 0 Å². The maximum atomic E-state index is 14.4. The smallest absolute Gasteiger partial charge is 0.255 e. The van der Waals surface area contributed by atoms with Gasteiger partial charge in [-0.2, -0.15) is 9.37 Å². The molecule has 10 heteroatoms. The number of amides is 1. The van der Waals surface area contributed by atoms with Crippen LogP contribution in [-0.2, 0) is 9.53 Å². The summed E-state index contributed by atoms with van der Waals surface area (Å²) in [6.07, 6.45) is 0.256. The third-order valence-corrected chi connectivity index (χ3v) is 5.77. The molecule has 0 saturated carbocycles. The van der Waals surface area contributed by atoms with Crippen LogP contribution in [0.15, 0.2) is 30.5 Å². The number of nitrogens with zero attached hydrogens (tertiary/aromatic N) is 4. The number of likely N-dealkylation sites (tertiary alicyclic amines) is 1. The first-order valence-corrected chi connectivity index (χ1v) is 10.7. The number of alkyl halides is 1. The maximum absolute atomic E-state index is 14.4. The van der Waals surface area contributed by atoms with Crippen LogP contribution in [0, 0.1) is 11.7 Å². The first-order chi connectivity index (χ1) is 15.5. The van der Waals surface area contributed by atoms with Crippen molar-refractivity contribution in [2.75, 3.05) is 56.2 Å². The fraction of sp³-hybridized carbons (Fsp3) is 0.500. The van der Waals surface area contributed by atoms with E-state index in [0.717, 1.165) is 30.7 Å². The van der Waals surface area contributed by atoms with E-state index in [1.54, 1.807) is 0 Å². The zero-order valence-electron chi connectivity index (χ0n) is 18.0. The van der Waals surface area contributed by atoms with E-state index in [1.165, 1.54) is 11.8 Å². The second-order valence-corrected chi connectivity index (χ2v) is 7.96. The summed E-state index contributed by atoms with van der Waals surface area (Å²) in [5, 5.41) is 3.04. The van der Waals surface area contributed by atoms with E-state index >= 15 is 0 Å². The van der Waals surface area contributed by atoms with Crippen LogP contribution >= 0.6 is 0 Å². The van der Waals surface area contributed by atoms with Crippen molar-refractivity contribution >= 4 is 23.2 Å². The number of carbonyl (C=O) groups is 1. The van der Waals surface area contributed by atoms with Gasteiger partial charge in [-0.1, -0.05) is 0 Å². The van der Waals surface area contributed by atoms with Gasteiger partial charge >= 0.3 is 0 Å². The predicted octanol–water partition coefficient (Wildman–Crippen LogP) is 2.78. The molecule has 2 aliphatic heterocycles. The minimum absolute atomic E-state index is 0.0193. The minimum Gasteiger partial charge on any atom is -0.475 e. The predicted molar refractivity (Wildman–Crippen MR) is 115 cm³/mol. The average Bonchev–Trinajstić information content (AvgIpc) is 2.81. The molecule has 1 amide bonds. The van der Waals surface area contributed by atoms with Crippen molar-refractivity contribution in [1.82, 2.24) is 14.9 Å². The van der Waals surface area contributed by atoms with E-state index in [9.17, 15) is 13.6 Å². The molecule has 2 aliphatic rings. The highest BCUT2D eigenvalue weighted by molar-refractivity contribution is 5.73. The minimum atomic E-state index is -1.22. The molecular weight excluding hydrogens is 420 g/mol. The number of hydrogen-bond acceptors (Lipinski definition) is 7. The SMILES string of the molecule is CC(=O)N1CCC(COc2nc(Nc3ccc(N4CCOCC4)cc3)ncc2F)C(F)C1. The highest BCUT2D eigenvalue weighted by atomic mass is 19.1. The van der Waals surface area contributed by atoms with Gasteiger partial charge in [0.25, 0.3) is 5.88 Å². The summed E-state index contributed by atoms with van der Waals surface area (Å²) in [5.74, 6) is -1.33. The van der Waals surface area contributed by atoms with E-state index in [1.807, 2.05) is 24.3 Å². The Morgan fingerprint density at radius 1 is 1.25 bits per heavy atom. The number of halogens is 2. The molecule has 4 rings (SSSR count). The fourth-order valence-electron chi connectivity index (χ4n) is 3.83. The first-order valence-electron chi connectivity index (χ1n) is 10.7. The number of nitrogens with one attached hydrogen (secondary N) is 1. The molecule has 8 nitrogen and oxygen atoms in total. The summed E-state index contributed by atoms with van der Waals surface area (Å²) in [7, 11) is 0. The lowest BCUT2D eigenvalue weighted by Gasteiger charge is -2.33. The van der Waals surface area contributed by atoms with Crippen LogP contribution < -0.4 is 15.0 Å². The third-order valence-electron chi connectivity index (χ3n) is 5.77. The van der Waals surface area contributed by atoms with Gasteiger partial charge in [-0.3, -0.25) is 4.79 Å². The van der Waals surface area contributed by atoms with Gasteiger partial charge in [0.05, 0.1) is 32.6 Å². The average molecular weight is 447 g/mol. The van der Waals surface area contributed by atoms with Crippen molar-refractivity contribution in [2.45, 2.75) is 19.5 Å². The molecule has 1 aromatic carbocycles. The van der Waals surface area contributed by atoms with Crippen molar-refractivity contribution in [2.24, 2.45) is 5.92 Å². The molecule has 3 heterocycles. The highest BCUT2D eigenvalue weighted by Crippen LogP contribution is 2.25. The molecule has 0 spiro atoms. The summed E-state index contributed by atoms with van der Waals surface area (Å²) < 4.78 is 39.4. The lowest BCUT2D eigenvalue weighted by Crippen LogP contribution is -2.45. The standard InChI is InChI=1S/C22H27F2N5O3/c1-15(30)29-7-6-16(20(24)13-29)14-32-21-19(23)12-25-22(27-21)26-17-2-4-18(5-3-17)28-8-10-31-11-9-28/h2-5,12,16,20H,6-11,13-14H2,1H3,(H,25,26,27). The van der Waals surface area contributed by atoms with Crippen LogP contribution in [0.2, 0.25) is 0 Å². The second kappa shape index (κ2) is 10.1. The Morgan fingerprint density at radius 2 is 2.00 bits per heavy atom. The van der Waals surface area contributed by atoms with Crippen molar-refractivity contribution in [3.8, 4) is 5.88 Å². The van der Waals surface area contributed by atoms with Crippen LogP contribution in [0.5, 0.6) is 5.88 Å². The normalized spacial score (nSPS) is 21.3. The van der Waals surface area contributed by atoms with Gasteiger partial charge in [0.2, 0.25) is 17.7 Å². The molecule has 2 saturated heterocycles. The quantitative estimate of drug-likeness (QED) is 0.730. The van der Waals surface area contributed by atoms with Crippen molar-refractivity contribution < 1.29 is 23.0 Å². The van der Waals surface area contributed by atoms with Gasteiger partial charge in [0.1, 0.15) is 6.17 Å². The molecule has 1 N–H and O–H groups in total. The van der Waals surface area contributed by atoms with Gasteiger partial charge < -0.3 is 24.6 Å². The molecule has 2 aromatic rings. The first kappa shape index (κ1) is 22.2. The van der Waals surface area contributed by atoms with Gasteiger partial charge in [-0.05, 0) is 30.7 Å². The van der Waals surface area contributed by atoms with E-state index in [-0.39, 0.29) is 30.9 Å². The van der Waals surface area contributed by atoms with E-state index in [2.05, 4.69) is 20.2 Å². The van der Waals surface area contributed by atoms with E-state index in [4.69, 9.17) is 9.47 Å². The second-order valence-electron chi connectivity index (χ2n) is 7.96. The Morgan fingerprint density at radius 3 is 2.69 bits per heavy atom. The number of rotatable bonds is 6. The number of hydrogen-bond donors (Lipinski definition) is 1. The Hall–Kier alpha value is -3.01. The van der Waals surface area contributed by atoms with Gasteiger partial charge in [0.15, 0.2) is 0 Å². The van der Waals surface area contributed by atoms with Crippen molar-refractivity contribution in [3.05, 3.63) is 36.3 Å². The number of aromatic nitrogens is 2. The van der Waals surface area contributed by atoms with E-state index in [0.29, 0.717) is 26.2 Å². The zero-order chi connectivity index (χ0) is 22.5. The fourth-order valence-corrected chi connectivity index (χ4v) is 3.83. The molecule has 0 bridgehead atoms. The summed E-state index contributed by atoms with van der Waals surface area (Å²) in [6.45, 7) is 5.02. The van der Waals surface area contributed by atoms with Crippen LogP contribution in [0.1, 0.15) is 13.3 Å². The summed E-state index contributed by atoms with van der Waals surface area (Å²) >= 11 is 0. The lowest BCUT2D eigenvalue weighted by molar-refractivity contribution is -0.132. The molecule has 0 aliphatic carbocycles. The van der Waals surface area contributed by atoms with E-state index < -0.39 is 17.9 Å². The molecule has 172 valence electrons. The molecule has 1 aromatic heterocycles. The highest BCUT2D eigenvalue weighted by Gasteiger charge is 2.31. The van der Waals surface area contributed by atoms with Gasteiger partial charge in [-0.25, -0.2) is 9.37 Å². The monoisotopic (exact) mass is 447 g/mol. The Bertz CT molecular complexity index is 924. The number of anilines is 3. The molecule has 2 atom stereocenters. The maximum Gasteiger partial charge on any atom is 0.255 e.